The SMILES string of the molecule is CCOC(=O)c1nc(C)c2sc(-c3ccccc3)nc2c1O.Cc1nc(C(=O)NCC(=O)O)c(O)c2nc(-c3ccccc3)sc12. The Morgan fingerprint density at radius 1 is 0.739 bits per heavy atom. The summed E-state index contributed by atoms with van der Waals surface area (Å²) in [5, 5.41) is 32.9. The Kier molecular flexibility index (Phi) is 9.49. The number of carbonyl (C=O) groups excluding carboxylic acids is 2. The number of carboxylic acid groups (broad SMARTS) is 1. The summed E-state index contributed by atoms with van der Waals surface area (Å²) in [6.45, 7) is 4.88. The molecule has 0 radical (unpaired) electrons. The molecule has 0 saturated carbocycles. The molecule has 14 heteroatoms. The van der Waals surface area contributed by atoms with Gasteiger partial charge in [-0.05, 0) is 20.8 Å². The number of aromatic nitrogens is 4. The molecule has 4 N–H and O–H groups in total. The van der Waals surface area contributed by atoms with Crippen LogP contribution in [0.1, 0.15) is 39.3 Å². The van der Waals surface area contributed by atoms with E-state index in [2.05, 4.69) is 25.3 Å². The molecule has 0 aliphatic heterocycles. The average molecular weight is 658 g/mol. The first-order valence-corrected chi connectivity index (χ1v) is 15.5. The van der Waals surface area contributed by atoms with Gasteiger partial charge in [0.15, 0.2) is 22.9 Å². The Bertz CT molecular complexity index is 2080. The second-order valence-corrected chi connectivity index (χ2v) is 11.7. The number of pyridine rings is 2. The lowest BCUT2D eigenvalue weighted by atomic mass is 10.2. The summed E-state index contributed by atoms with van der Waals surface area (Å²) >= 11 is 2.81. The van der Waals surface area contributed by atoms with Gasteiger partial charge in [-0.2, -0.15) is 0 Å². The smallest absolute Gasteiger partial charge is 0.360 e. The maximum Gasteiger partial charge on any atom is 0.360 e. The lowest BCUT2D eigenvalue weighted by Gasteiger charge is -2.06. The van der Waals surface area contributed by atoms with E-state index in [4.69, 9.17) is 9.84 Å². The average Bonchev–Trinajstić information content (AvgIpc) is 3.72. The van der Waals surface area contributed by atoms with E-state index in [-0.39, 0.29) is 35.0 Å². The number of aliphatic carboxylic acids is 1. The molecule has 1 amide bonds. The highest BCUT2D eigenvalue weighted by atomic mass is 32.1. The molecule has 0 fully saturated rings. The Morgan fingerprint density at radius 3 is 1.65 bits per heavy atom. The number of hydrogen-bond acceptors (Lipinski definition) is 12. The zero-order valence-corrected chi connectivity index (χ0v) is 26.4. The summed E-state index contributed by atoms with van der Waals surface area (Å²) in [4.78, 5) is 51.6. The van der Waals surface area contributed by atoms with Crippen molar-refractivity contribution in [3.63, 3.8) is 0 Å². The quantitative estimate of drug-likeness (QED) is 0.154. The number of carbonyl (C=O) groups is 3. The molecule has 0 unspecified atom stereocenters. The van der Waals surface area contributed by atoms with Gasteiger partial charge >= 0.3 is 11.9 Å². The van der Waals surface area contributed by atoms with Gasteiger partial charge in [0, 0.05) is 11.1 Å². The molecular weight excluding hydrogens is 631 g/mol. The summed E-state index contributed by atoms with van der Waals surface area (Å²) < 4.78 is 6.37. The molecule has 0 spiro atoms. The zero-order valence-electron chi connectivity index (χ0n) is 24.8. The standard InChI is InChI=1S/C16H13N3O4S.C16H14N2O3S/c1-8-14-11(19-16(24-14)9-5-3-2-4-6-9)13(22)12(18-8)15(23)17-7-10(20)21;1-3-21-16(20)12-13(19)11-14(9(2)17-12)22-15(18-11)10-7-5-4-6-8-10/h2-6,22H,7H2,1H3,(H,17,23)(H,20,21);4-8,19H,3H2,1-2H3. The van der Waals surface area contributed by atoms with Crippen LogP contribution in [0.15, 0.2) is 60.7 Å². The van der Waals surface area contributed by atoms with Gasteiger partial charge in [0.2, 0.25) is 0 Å². The van der Waals surface area contributed by atoms with E-state index in [0.29, 0.717) is 26.6 Å². The van der Waals surface area contributed by atoms with Gasteiger partial charge < -0.3 is 25.4 Å². The second kappa shape index (κ2) is 13.7. The van der Waals surface area contributed by atoms with Crippen LogP contribution in [-0.4, -0.2) is 66.3 Å². The summed E-state index contributed by atoms with van der Waals surface area (Å²) in [6.07, 6.45) is 0. The van der Waals surface area contributed by atoms with Crippen molar-refractivity contribution in [2.75, 3.05) is 13.2 Å². The summed E-state index contributed by atoms with van der Waals surface area (Å²) in [5.41, 5.74) is 3.40. The number of fused-ring (bicyclic) bond motifs is 2. The normalized spacial score (nSPS) is 10.8. The number of aromatic hydroxyl groups is 2. The van der Waals surface area contributed by atoms with E-state index < -0.39 is 24.4 Å². The van der Waals surface area contributed by atoms with Crippen LogP contribution in [0.25, 0.3) is 41.6 Å². The Morgan fingerprint density at radius 2 is 1.20 bits per heavy atom. The van der Waals surface area contributed by atoms with Crippen LogP contribution in [0, 0.1) is 13.8 Å². The molecule has 2 aromatic carbocycles. The van der Waals surface area contributed by atoms with Crippen molar-refractivity contribution in [2.45, 2.75) is 20.8 Å². The first-order chi connectivity index (χ1) is 22.1. The molecule has 234 valence electrons. The van der Waals surface area contributed by atoms with E-state index >= 15 is 0 Å². The number of hydrogen-bond donors (Lipinski definition) is 4. The fourth-order valence-electron chi connectivity index (χ4n) is 4.37. The second-order valence-electron chi connectivity index (χ2n) is 9.71. The highest BCUT2D eigenvalue weighted by Crippen LogP contribution is 2.38. The lowest BCUT2D eigenvalue weighted by Crippen LogP contribution is -2.30. The molecule has 6 aromatic rings. The number of rotatable bonds is 7. The molecular formula is C32H27N5O7S2. The van der Waals surface area contributed by atoms with Crippen LogP contribution in [-0.2, 0) is 9.53 Å². The Labute approximate surface area is 270 Å². The zero-order chi connectivity index (χ0) is 33.0. The van der Waals surface area contributed by atoms with Crippen LogP contribution in [0.2, 0.25) is 0 Å². The number of carboxylic acids is 1. The number of amides is 1. The summed E-state index contributed by atoms with van der Waals surface area (Å²) in [7, 11) is 0. The van der Waals surface area contributed by atoms with Gasteiger partial charge in [0.1, 0.15) is 27.6 Å². The predicted octanol–water partition coefficient (Wildman–Crippen LogP) is 5.74. The summed E-state index contributed by atoms with van der Waals surface area (Å²) in [5.74, 6) is -3.15. The van der Waals surface area contributed by atoms with Crippen molar-refractivity contribution in [1.82, 2.24) is 25.3 Å². The molecule has 0 atom stereocenters. The summed E-state index contributed by atoms with van der Waals surface area (Å²) in [6, 6.07) is 19.1. The highest BCUT2D eigenvalue weighted by molar-refractivity contribution is 7.22. The van der Waals surface area contributed by atoms with Crippen molar-refractivity contribution in [2.24, 2.45) is 0 Å². The molecule has 4 aromatic heterocycles. The molecule has 4 heterocycles. The third-order valence-corrected chi connectivity index (χ3v) is 8.92. The van der Waals surface area contributed by atoms with Crippen LogP contribution in [0.4, 0.5) is 0 Å². The number of nitrogens with one attached hydrogen (secondary N) is 1. The maximum atomic E-state index is 12.0. The van der Waals surface area contributed by atoms with Crippen LogP contribution in [0.3, 0.4) is 0 Å². The fraction of sp³-hybridized carbons (Fsp3) is 0.156. The van der Waals surface area contributed by atoms with E-state index in [0.717, 1.165) is 20.8 Å². The predicted molar refractivity (Wildman–Crippen MR) is 174 cm³/mol. The fourth-order valence-corrected chi connectivity index (χ4v) is 6.40. The van der Waals surface area contributed by atoms with E-state index in [1.54, 1.807) is 20.8 Å². The van der Waals surface area contributed by atoms with Gasteiger partial charge in [-0.25, -0.2) is 24.7 Å². The van der Waals surface area contributed by atoms with Crippen LogP contribution < -0.4 is 5.32 Å². The largest absolute Gasteiger partial charge is 0.504 e. The van der Waals surface area contributed by atoms with E-state index in [9.17, 15) is 24.6 Å². The Hall–Kier alpha value is -5.47. The van der Waals surface area contributed by atoms with Gasteiger partial charge in [0.05, 0.1) is 27.4 Å². The van der Waals surface area contributed by atoms with Gasteiger partial charge in [-0.3, -0.25) is 9.59 Å². The third-order valence-electron chi connectivity index (χ3n) is 6.49. The number of ether oxygens (including phenoxy) is 1. The van der Waals surface area contributed by atoms with Crippen LogP contribution >= 0.6 is 22.7 Å². The molecule has 0 aliphatic rings. The molecule has 46 heavy (non-hydrogen) atoms. The van der Waals surface area contributed by atoms with Crippen molar-refractivity contribution < 1.29 is 34.4 Å². The number of aryl methyl sites for hydroxylation is 2. The van der Waals surface area contributed by atoms with Gasteiger partial charge in [-0.15, -0.1) is 22.7 Å². The van der Waals surface area contributed by atoms with Crippen molar-refractivity contribution in [1.29, 1.82) is 0 Å². The first-order valence-electron chi connectivity index (χ1n) is 13.9. The number of thiazole rings is 2. The molecule has 0 bridgehead atoms. The minimum atomic E-state index is -1.18. The van der Waals surface area contributed by atoms with Crippen molar-refractivity contribution >= 4 is 61.0 Å². The van der Waals surface area contributed by atoms with E-state index in [1.807, 2.05) is 60.7 Å². The number of nitrogens with zero attached hydrogens (tertiary/aromatic N) is 4. The van der Waals surface area contributed by atoms with Crippen molar-refractivity contribution in [3.05, 3.63) is 83.4 Å². The van der Waals surface area contributed by atoms with Gasteiger partial charge in [-0.1, -0.05) is 60.7 Å². The van der Waals surface area contributed by atoms with Crippen LogP contribution in [0.5, 0.6) is 11.5 Å². The lowest BCUT2D eigenvalue weighted by molar-refractivity contribution is -0.135. The topological polar surface area (TPSA) is 185 Å². The molecule has 6 rings (SSSR count). The van der Waals surface area contributed by atoms with E-state index in [1.165, 1.54) is 22.7 Å². The first kappa shape index (κ1) is 31.9. The van der Waals surface area contributed by atoms with Gasteiger partial charge in [0.25, 0.3) is 5.91 Å². The molecule has 0 saturated heterocycles. The maximum absolute atomic E-state index is 12.0. The highest BCUT2D eigenvalue weighted by Gasteiger charge is 2.23. The number of benzene rings is 2. The minimum Gasteiger partial charge on any atom is -0.504 e. The molecule has 0 aliphatic carbocycles. The molecule has 12 nitrogen and oxygen atoms in total. The third kappa shape index (κ3) is 6.62. The monoisotopic (exact) mass is 657 g/mol. The van der Waals surface area contributed by atoms with Crippen molar-refractivity contribution in [3.8, 4) is 32.6 Å². The minimum absolute atomic E-state index is 0.0863. The Balaban J connectivity index is 0.000000182. The number of esters is 1.